The Balaban J connectivity index is 1.64. The highest BCUT2D eigenvalue weighted by Gasteiger charge is 2.13. The minimum absolute atomic E-state index is 0.133. The third-order valence-corrected chi connectivity index (χ3v) is 5.11. The molecule has 0 amide bonds. The number of pyridine rings is 1. The van der Waals surface area contributed by atoms with Gasteiger partial charge in [-0.25, -0.2) is 0 Å². The molecule has 0 radical (unpaired) electrons. The van der Waals surface area contributed by atoms with E-state index in [2.05, 4.69) is 12.1 Å². The number of carbonyl (C=O) groups is 1. The van der Waals surface area contributed by atoms with Crippen molar-refractivity contribution in [3.05, 3.63) is 64.6 Å². The van der Waals surface area contributed by atoms with E-state index in [4.69, 9.17) is 14.6 Å². The van der Waals surface area contributed by atoms with Gasteiger partial charge in [0.15, 0.2) is 11.4 Å². The third-order valence-electron chi connectivity index (χ3n) is 5.11. The van der Waals surface area contributed by atoms with Gasteiger partial charge in [-0.3, -0.25) is 4.79 Å². The van der Waals surface area contributed by atoms with Crippen molar-refractivity contribution in [2.24, 2.45) is 0 Å². The van der Waals surface area contributed by atoms with Crippen molar-refractivity contribution in [3.8, 4) is 11.5 Å². The maximum atomic E-state index is 12.3. The van der Waals surface area contributed by atoms with Gasteiger partial charge >= 0.3 is 5.97 Å². The SMILES string of the molecule is COc1ccc(CCCCCCCCOc2ccc(C)[n+]([O-])c2C=CCC(=O)O)cc1. The van der Waals surface area contributed by atoms with Crippen LogP contribution < -0.4 is 14.2 Å². The Hall–Kier alpha value is -3.02. The lowest BCUT2D eigenvalue weighted by Gasteiger charge is -2.11. The Kier molecular flexibility index (Phi) is 10.4. The van der Waals surface area contributed by atoms with Gasteiger partial charge in [-0.2, -0.15) is 4.73 Å². The highest BCUT2D eigenvalue weighted by atomic mass is 16.5. The Labute approximate surface area is 184 Å². The Morgan fingerprint density at radius 1 is 1.03 bits per heavy atom. The van der Waals surface area contributed by atoms with Crippen LogP contribution in [0.1, 0.15) is 61.9 Å². The van der Waals surface area contributed by atoms with E-state index in [0.29, 0.717) is 23.7 Å². The van der Waals surface area contributed by atoms with Crippen LogP contribution in [-0.2, 0) is 11.2 Å². The molecule has 6 heteroatoms. The van der Waals surface area contributed by atoms with Gasteiger partial charge in [-0.15, -0.1) is 0 Å². The van der Waals surface area contributed by atoms with Crippen LogP contribution in [0, 0.1) is 12.1 Å². The number of aryl methyl sites for hydroxylation is 2. The standard InChI is InChI=1S/C25H33NO5/c1-20-13-18-24(23(26(20)29)11-9-12-25(27)28)31-19-8-6-4-3-5-7-10-21-14-16-22(30-2)17-15-21/h9,11,13-18H,3-8,10,12,19H2,1-2H3,(H,27,28). The predicted octanol–water partition coefficient (Wildman–Crippen LogP) is 5.09. The second-order valence-electron chi connectivity index (χ2n) is 7.59. The normalized spacial score (nSPS) is 11.0. The molecule has 0 atom stereocenters. The number of carboxylic acids is 1. The Morgan fingerprint density at radius 3 is 2.39 bits per heavy atom. The number of ether oxygens (including phenoxy) is 2. The highest BCUT2D eigenvalue weighted by Crippen LogP contribution is 2.18. The molecule has 0 unspecified atom stereocenters. The molecule has 0 saturated heterocycles. The van der Waals surface area contributed by atoms with Crippen molar-refractivity contribution in [3.63, 3.8) is 0 Å². The summed E-state index contributed by atoms with van der Waals surface area (Å²) in [5.41, 5.74) is 2.23. The van der Waals surface area contributed by atoms with Gasteiger partial charge in [0.05, 0.1) is 20.1 Å². The molecule has 1 heterocycles. The van der Waals surface area contributed by atoms with Crippen LogP contribution >= 0.6 is 0 Å². The molecule has 0 fully saturated rings. The Bertz CT molecular complexity index is 846. The summed E-state index contributed by atoms with van der Waals surface area (Å²) in [6, 6.07) is 11.7. The zero-order valence-electron chi connectivity index (χ0n) is 18.5. The van der Waals surface area contributed by atoms with Crippen molar-refractivity contribution in [2.75, 3.05) is 13.7 Å². The minimum Gasteiger partial charge on any atom is -0.618 e. The average Bonchev–Trinajstić information content (AvgIpc) is 2.76. The second kappa shape index (κ2) is 13.3. The molecular formula is C25H33NO5. The summed E-state index contributed by atoms with van der Waals surface area (Å²) in [6.07, 6.45) is 10.7. The van der Waals surface area contributed by atoms with E-state index in [-0.39, 0.29) is 6.42 Å². The van der Waals surface area contributed by atoms with Gasteiger partial charge in [0.1, 0.15) is 5.75 Å². The first kappa shape index (κ1) is 24.3. The molecule has 0 bridgehead atoms. The number of hydrogen-bond acceptors (Lipinski definition) is 4. The van der Waals surface area contributed by atoms with Gasteiger partial charge in [0.25, 0.3) is 5.69 Å². The molecule has 0 aliphatic heterocycles. The van der Waals surface area contributed by atoms with Crippen molar-refractivity contribution in [1.82, 2.24) is 0 Å². The maximum absolute atomic E-state index is 12.3. The molecule has 2 rings (SSSR count). The van der Waals surface area contributed by atoms with Crippen LogP contribution in [0.3, 0.4) is 0 Å². The van der Waals surface area contributed by atoms with E-state index < -0.39 is 5.97 Å². The summed E-state index contributed by atoms with van der Waals surface area (Å²) in [4.78, 5) is 10.7. The van der Waals surface area contributed by atoms with Crippen LogP contribution in [0.25, 0.3) is 6.08 Å². The highest BCUT2D eigenvalue weighted by molar-refractivity contribution is 5.70. The molecule has 0 aliphatic rings. The molecule has 31 heavy (non-hydrogen) atoms. The Morgan fingerprint density at radius 2 is 1.71 bits per heavy atom. The van der Waals surface area contributed by atoms with Crippen LogP contribution in [0.15, 0.2) is 42.5 Å². The van der Waals surface area contributed by atoms with Gasteiger partial charge in [-0.05, 0) is 43.0 Å². The zero-order chi connectivity index (χ0) is 22.5. The number of unbranched alkanes of at least 4 members (excludes halogenated alkanes) is 5. The van der Waals surface area contributed by atoms with Crippen LogP contribution in [0.5, 0.6) is 11.5 Å². The molecule has 168 valence electrons. The van der Waals surface area contributed by atoms with Crippen molar-refractivity contribution >= 4 is 12.0 Å². The predicted molar refractivity (Wildman–Crippen MR) is 121 cm³/mol. The average molecular weight is 428 g/mol. The van der Waals surface area contributed by atoms with E-state index in [9.17, 15) is 10.0 Å². The number of carboxylic acid groups (broad SMARTS) is 1. The molecule has 1 N–H and O–H groups in total. The molecule has 1 aromatic carbocycles. The molecule has 0 aliphatic carbocycles. The molecule has 1 aromatic heterocycles. The molecule has 6 nitrogen and oxygen atoms in total. The summed E-state index contributed by atoms with van der Waals surface area (Å²) in [7, 11) is 1.68. The molecule has 0 saturated carbocycles. The summed E-state index contributed by atoms with van der Waals surface area (Å²) < 4.78 is 11.8. The number of rotatable bonds is 14. The van der Waals surface area contributed by atoms with Crippen molar-refractivity contribution in [1.29, 1.82) is 0 Å². The van der Waals surface area contributed by atoms with Gasteiger partial charge in [0.2, 0.25) is 0 Å². The van der Waals surface area contributed by atoms with E-state index in [1.807, 2.05) is 12.1 Å². The summed E-state index contributed by atoms with van der Waals surface area (Å²) in [5.74, 6) is 0.444. The fourth-order valence-electron chi connectivity index (χ4n) is 3.30. The fraction of sp³-hybridized carbons (Fsp3) is 0.440. The molecule has 2 aromatic rings. The number of aliphatic carboxylic acids is 1. The van der Waals surface area contributed by atoms with E-state index in [0.717, 1.165) is 36.2 Å². The smallest absolute Gasteiger partial charge is 0.307 e. The monoisotopic (exact) mass is 427 g/mol. The third kappa shape index (κ3) is 8.70. The summed E-state index contributed by atoms with van der Waals surface area (Å²) in [5, 5.41) is 21.0. The number of aromatic nitrogens is 1. The number of nitrogens with zero attached hydrogens (tertiary/aromatic N) is 1. The molecule has 0 spiro atoms. The zero-order valence-corrected chi connectivity index (χ0v) is 18.5. The first-order chi connectivity index (χ1) is 15.0. The lowest BCUT2D eigenvalue weighted by molar-refractivity contribution is -0.614. The lowest BCUT2D eigenvalue weighted by atomic mass is 10.0. The summed E-state index contributed by atoms with van der Waals surface area (Å²) in [6.45, 7) is 2.24. The topological polar surface area (TPSA) is 82.7 Å². The maximum Gasteiger partial charge on any atom is 0.307 e. The van der Waals surface area contributed by atoms with Crippen LogP contribution in [0.4, 0.5) is 0 Å². The van der Waals surface area contributed by atoms with Crippen molar-refractivity contribution < 1.29 is 24.1 Å². The quantitative estimate of drug-likeness (QED) is 0.258. The lowest BCUT2D eigenvalue weighted by Crippen LogP contribution is -2.34. The number of hydrogen-bond donors (Lipinski definition) is 1. The summed E-state index contributed by atoms with van der Waals surface area (Å²) >= 11 is 0. The van der Waals surface area contributed by atoms with Crippen molar-refractivity contribution in [2.45, 2.75) is 58.3 Å². The fourth-order valence-corrected chi connectivity index (χ4v) is 3.30. The van der Waals surface area contributed by atoms with E-state index >= 15 is 0 Å². The first-order valence-corrected chi connectivity index (χ1v) is 10.9. The largest absolute Gasteiger partial charge is 0.618 e. The van der Waals surface area contributed by atoms with Crippen LogP contribution in [-0.4, -0.2) is 24.8 Å². The van der Waals surface area contributed by atoms with E-state index in [1.54, 1.807) is 26.2 Å². The van der Waals surface area contributed by atoms with E-state index in [1.165, 1.54) is 37.0 Å². The molecular weight excluding hydrogens is 394 g/mol. The first-order valence-electron chi connectivity index (χ1n) is 10.9. The second-order valence-corrected chi connectivity index (χ2v) is 7.59. The number of benzene rings is 1. The number of methoxy groups -OCH3 is 1. The van der Waals surface area contributed by atoms with Gasteiger partial charge < -0.3 is 19.8 Å². The van der Waals surface area contributed by atoms with Gasteiger partial charge in [-0.1, -0.05) is 43.9 Å². The van der Waals surface area contributed by atoms with Gasteiger partial charge in [0, 0.05) is 19.1 Å². The van der Waals surface area contributed by atoms with Crippen LogP contribution in [0.2, 0.25) is 0 Å². The minimum atomic E-state index is -0.937.